The van der Waals surface area contributed by atoms with Gasteiger partial charge in [-0.3, -0.25) is 0 Å². The lowest BCUT2D eigenvalue weighted by molar-refractivity contribution is 1.19. The third-order valence-electron chi connectivity index (χ3n) is 1.21. The minimum Gasteiger partial charge on any atom is -0.368 e. The molecule has 0 fully saturated rings. The van der Waals surface area contributed by atoms with E-state index in [-0.39, 0.29) is 5.95 Å². The molecule has 1 radical (unpaired) electrons. The minimum atomic E-state index is 0.238. The summed E-state index contributed by atoms with van der Waals surface area (Å²) in [6.07, 6.45) is 2.57. The minimum absolute atomic E-state index is 0.238. The smallest absolute Gasteiger partial charge is 0.223 e. The number of aromatic amines is 1. The van der Waals surface area contributed by atoms with Crippen LogP contribution in [-0.4, -0.2) is 19.9 Å². The largest absolute Gasteiger partial charge is 0.368 e. The molecule has 0 aliphatic rings. The van der Waals surface area contributed by atoms with Crippen LogP contribution >= 0.6 is 22.6 Å². The molecule has 6 heteroatoms. The highest BCUT2D eigenvalue weighted by Crippen LogP contribution is 2.13. The Kier molecular flexibility index (Phi) is 1.41. The molecule has 0 bridgehead atoms. The van der Waals surface area contributed by atoms with Gasteiger partial charge in [-0.25, -0.2) is 9.97 Å². The van der Waals surface area contributed by atoms with Gasteiger partial charge in [0.1, 0.15) is 9.22 Å². The van der Waals surface area contributed by atoms with Crippen LogP contribution < -0.4 is 5.73 Å². The summed E-state index contributed by atoms with van der Waals surface area (Å²) in [7, 11) is 0. The van der Waals surface area contributed by atoms with E-state index in [1.54, 1.807) is 0 Å². The lowest BCUT2D eigenvalue weighted by atomic mass is 10.6. The number of halogens is 1. The SMILES string of the molecule is Nc1nc(I)c2[nH][c]nc2n1. The van der Waals surface area contributed by atoms with Crippen LogP contribution in [0.3, 0.4) is 0 Å². The van der Waals surface area contributed by atoms with Crippen molar-refractivity contribution in [1.29, 1.82) is 0 Å². The molecule has 11 heavy (non-hydrogen) atoms. The van der Waals surface area contributed by atoms with Gasteiger partial charge in [-0.05, 0) is 22.6 Å². The van der Waals surface area contributed by atoms with E-state index in [0.717, 1.165) is 9.22 Å². The molecule has 0 spiro atoms. The second kappa shape index (κ2) is 2.29. The first-order valence-electron chi connectivity index (χ1n) is 2.82. The number of H-pyrrole nitrogens is 1. The maximum absolute atomic E-state index is 5.39. The van der Waals surface area contributed by atoms with Crippen LogP contribution in [0.15, 0.2) is 0 Å². The molecule has 0 saturated carbocycles. The number of anilines is 1. The molecule has 0 aromatic carbocycles. The molecule has 2 aromatic rings. The Labute approximate surface area is 75.6 Å². The summed E-state index contributed by atoms with van der Waals surface area (Å²) in [6.45, 7) is 0. The van der Waals surface area contributed by atoms with E-state index in [1.165, 1.54) is 0 Å². The van der Waals surface area contributed by atoms with Gasteiger partial charge in [0, 0.05) is 0 Å². The standard InChI is InChI=1S/C5H3IN5/c6-3-2-4(9-1-8-2)11-5(7)10-3/h(H3,7,8,9,10,11). The fourth-order valence-electron chi connectivity index (χ4n) is 0.763. The van der Waals surface area contributed by atoms with Crippen molar-refractivity contribution < 1.29 is 0 Å². The number of hydrogen-bond donors (Lipinski definition) is 2. The second-order valence-electron chi connectivity index (χ2n) is 1.92. The zero-order chi connectivity index (χ0) is 7.84. The predicted molar refractivity (Wildman–Crippen MR) is 47.6 cm³/mol. The quantitative estimate of drug-likeness (QED) is 0.528. The number of hydrogen-bond acceptors (Lipinski definition) is 4. The predicted octanol–water partition coefficient (Wildman–Crippen LogP) is 0.340. The van der Waals surface area contributed by atoms with Crippen molar-refractivity contribution in [2.45, 2.75) is 0 Å². The van der Waals surface area contributed by atoms with Crippen LogP contribution in [0.1, 0.15) is 0 Å². The number of nitrogens with zero attached hydrogens (tertiary/aromatic N) is 3. The highest BCUT2D eigenvalue weighted by Gasteiger charge is 2.04. The van der Waals surface area contributed by atoms with E-state index in [0.29, 0.717) is 5.65 Å². The van der Waals surface area contributed by atoms with Gasteiger partial charge >= 0.3 is 0 Å². The molecule has 2 rings (SSSR count). The van der Waals surface area contributed by atoms with E-state index >= 15 is 0 Å². The van der Waals surface area contributed by atoms with E-state index < -0.39 is 0 Å². The molecule has 0 amide bonds. The summed E-state index contributed by atoms with van der Waals surface area (Å²) in [5, 5.41) is 0. The Hall–Kier alpha value is -0.920. The van der Waals surface area contributed by atoms with Crippen molar-refractivity contribution in [1.82, 2.24) is 19.9 Å². The van der Waals surface area contributed by atoms with E-state index in [9.17, 15) is 0 Å². The summed E-state index contributed by atoms with van der Waals surface area (Å²) in [5.41, 5.74) is 6.72. The highest BCUT2D eigenvalue weighted by atomic mass is 127. The second-order valence-corrected chi connectivity index (χ2v) is 2.94. The number of aromatic nitrogens is 4. The summed E-state index contributed by atoms with van der Waals surface area (Å²) < 4.78 is 0.763. The third-order valence-corrected chi connectivity index (χ3v) is 1.99. The first-order chi connectivity index (χ1) is 5.27. The zero-order valence-electron chi connectivity index (χ0n) is 5.30. The summed E-state index contributed by atoms with van der Waals surface area (Å²) in [5.74, 6) is 0.238. The molecule has 0 aliphatic carbocycles. The van der Waals surface area contributed by atoms with Crippen molar-refractivity contribution in [3.8, 4) is 0 Å². The fraction of sp³-hybridized carbons (Fsp3) is 0. The van der Waals surface area contributed by atoms with Gasteiger partial charge in [0.05, 0.1) is 0 Å². The van der Waals surface area contributed by atoms with Crippen LogP contribution in [-0.2, 0) is 0 Å². The van der Waals surface area contributed by atoms with Gasteiger partial charge in [-0.1, -0.05) is 0 Å². The number of nitrogen functional groups attached to an aromatic ring is 1. The topological polar surface area (TPSA) is 80.5 Å². The zero-order valence-corrected chi connectivity index (χ0v) is 7.45. The van der Waals surface area contributed by atoms with E-state index in [2.05, 4.69) is 48.9 Å². The first-order valence-corrected chi connectivity index (χ1v) is 3.90. The molecule has 2 aromatic heterocycles. The Bertz CT molecular complexity index is 395. The van der Waals surface area contributed by atoms with E-state index in [1.807, 2.05) is 0 Å². The molecule has 2 heterocycles. The van der Waals surface area contributed by atoms with Crippen molar-refractivity contribution in [2.24, 2.45) is 0 Å². The molecular weight excluding hydrogens is 257 g/mol. The molecule has 0 unspecified atom stereocenters. The summed E-state index contributed by atoms with van der Waals surface area (Å²) >= 11 is 2.06. The number of nitrogens with one attached hydrogen (secondary N) is 1. The Morgan fingerprint density at radius 1 is 1.45 bits per heavy atom. The van der Waals surface area contributed by atoms with Crippen molar-refractivity contribution in [3.05, 3.63) is 10.0 Å². The average Bonchev–Trinajstić information content (AvgIpc) is 2.34. The average molecular weight is 260 g/mol. The van der Waals surface area contributed by atoms with Gasteiger partial charge in [-0.15, -0.1) is 0 Å². The molecule has 3 N–H and O–H groups in total. The summed E-state index contributed by atoms with van der Waals surface area (Å²) in [6, 6.07) is 0. The van der Waals surface area contributed by atoms with Crippen molar-refractivity contribution >= 4 is 39.7 Å². The molecule has 0 aliphatic heterocycles. The van der Waals surface area contributed by atoms with Gasteiger partial charge in [0.2, 0.25) is 5.95 Å². The lowest BCUT2D eigenvalue weighted by Crippen LogP contribution is -1.96. The number of nitrogens with two attached hydrogens (primary N) is 1. The Morgan fingerprint density at radius 3 is 3.09 bits per heavy atom. The molecule has 0 atom stereocenters. The maximum Gasteiger partial charge on any atom is 0.223 e. The number of fused-ring (bicyclic) bond motifs is 1. The van der Waals surface area contributed by atoms with Gasteiger partial charge < -0.3 is 10.7 Å². The molecule has 55 valence electrons. The van der Waals surface area contributed by atoms with Crippen LogP contribution in [0.2, 0.25) is 0 Å². The highest BCUT2D eigenvalue weighted by molar-refractivity contribution is 14.1. The third kappa shape index (κ3) is 1.02. The van der Waals surface area contributed by atoms with Crippen LogP contribution in [0.4, 0.5) is 5.95 Å². The Balaban J connectivity index is 2.91. The molecule has 0 saturated heterocycles. The number of imidazole rings is 1. The number of rotatable bonds is 0. The molecule has 5 nitrogen and oxygen atoms in total. The van der Waals surface area contributed by atoms with Gasteiger partial charge in [0.25, 0.3) is 0 Å². The van der Waals surface area contributed by atoms with Crippen molar-refractivity contribution in [3.63, 3.8) is 0 Å². The van der Waals surface area contributed by atoms with E-state index in [4.69, 9.17) is 5.73 Å². The Morgan fingerprint density at radius 2 is 2.27 bits per heavy atom. The van der Waals surface area contributed by atoms with Crippen LogP contribution in [0.5, 0.6) is 0 Å². The van der Waals surface area contributed by atoms with Gasteiger partial charge in [-0.2, -0.15) is 4.98 Å². The molecular formula is C5H3IN5. The van der Waals surface area contributed by atoms with Gasteiger partial charge in [0.15, 0.2) is 12.0 Å². The lowest BCUT2D eigenvalue weighted by Gasteiger charge is -1.92. The normalized spacial score (nSPS) is 10.6. The van der Waals surface area contributed by atoms with Crippen LogP contribution in [0, 0.1) is 10.0 Å². The van der Waals surface area contributed by atoms with Crippen LogP contribution in [0.25, 0.3) is 11.2 Å². The summed E-state index contributed by atoms with van der Waals surface area (Å²) in [4.78, 5) is 14.4. The maximum atomic E-state index is 5.39. The van der Waals surface area contributed by atoms with Crippen molar-refractivity contribution in [2.75, 3.05) is 5.73 Å². The first kappa shape index (κ1) is 6.77. The fourth-order valence-corrected chi connectivity index (χ4v) is 1.39. The monoisotopic (exact) mass is 260 g/mol.